The van der Waals surface area contributed by atoms with Gasteiger partial charge < -0.3 is 28.1 Å². The summed E-state index contributed by atoms with van der Waals surface area (Å²) in [5.74, 6) is 18.2. The molecule has 0 bridgehead atoms. The molecule has 0 amide bonds. The van der Waals surface area contributed by atoms with Crippen molar-refractivity contribution in [3.05, 3.63) is 84.9 Å². The summed E-state index contributed by atoms with van der Waals surface area (Å²) < 4.78 is 28.6. The van der Waals surface area contributed by atoms with E-state index >= 15 is 0 Å². The molecular formula is C48H32N2O4. The molecule has 0 fully saturated rings. The normalized spacial score (nSPS) is 10.6. The van der Waals surface area contributed by atoms with E-state index in [1.54, 1.807) is 0 Å². The van der Waals surface area contributed by atoms with Crippen LogP contribution < -0.4 is 18.9 Å². The molecule has 0 radical (unpaired) electrons. The number of hydrogen-bond donors (Lipinski definition) is 0. The number of ether oxygens (including phenoxy) is 4. The molecule has 6 nitrogen and oxygen atoms in total. The molecule has 0 saturated carbocycles. The van der Waals surface area contributed by atoms with E-state index in [0.717, 1.165) is 65.9 Å². The van der Waals surface area contributed by atoms with Crippen LogP contribution >= 0.6 is 0 Å². The molecule has 258 valence electrons. The van der Waals surface area contributed by atoms with Crippen LogP contribution in [0.1, 0.15) is 0 Å². The van der Waals surface area contributed by atoms with Crippen molar-refractivity contribution in [2.24, 2.45) is 0 Å². The lowest BCUT2D eigenvalue weighted by atomic mass is 9.89. The minimum atomic E-state index is 0.0200. The van der Waals surface area contributed by atoms with E-state index in [2.05, 4.69) is 68.9 Å². The molecule has 7 rings (SSSR count). The first-order valence-electron chi connectivity index (χ1n) is 17.0. The van der Waals surface area contributed by atoms with Crippen LogP contribution in [0, 0.1) is 74.1 Å². The molecule has 5 aromatic carbocycles. The molecule has 6 heteroatoms. The van der Waals surface area contributed by atoms with E-state index < -0.39 is 0 Å². The molecule has 2 heterocycles. The first kappa shape index (κ1) is 34.7. The van der Waals surface area contributed by atoms with Gasteiger partial charge in [-0.3, -0.25) is 0 Å². The van der Waals surface area contributed by atoms with Crippen molar-refractivity contribution in [1.82, 2.24) is 9.13 Å². The SMILES string of the molecule is C#CCOc1ccc(-c2c3c4ccccc4n(CC#C)c3c(-c3ccc(OCC#C)cc3OCC#C)c3c4ccccc4n(CC#C)c23)c(OCC#C)c1. The first-order chi connectivity index (χ1) is 26.6. The van der Waals surface area contributed by atoms with Crippen LogP contribution in [0.3, 0.4) is 0 Å². The third-order valence-electron chi connectivity index (χ3n) is 9.13. The number of rotatable bonds is 12. The van der Waals surface area contributed by atoms with E-state index in [0.29, 0.717) is 23.0 Å². The van der Waals surface area contributed by atoms with Crippen LogP contribution in [0.4, 0.5) is 0 Å². The summed E-state index contributed by atoms with van der Waals surface area (Å²) in [6.07, 6.45) is 34.8. The Morgan fingerprint density at radius 1 is 0.444 bits per heavy atom. The molecule has 0 saturated heterocycles. The van der Waals surface area contributed by atoms with Gasteiger partial charge in [0.2, 0.25) is 0 Å². The number of hydrogen-bond acceptors (Lipinski definition) is 4. The summed E-state index contributed by atoms with van der Waals surface area (Å²) in [5, 5.41) is 3.77. The molecule has 0 aliphatic heterocycles. The Balaban J connectivity index is 1.78. The zero-order valence-electron chi connectivity index (χ0n) is 29.3. The number of para-hydroxylation sites is 2. The quantitative estimate of drug-likeness (QED) is 0.120. The van der Waals surface area contributed by atoms with Gasteiger partial charge in [-0.15, -0.1) is 38.5 Å². The van der Waals surface area contributed by atoms with E-state index in [-0.39, 0.29) is 39.5 Å². The van der Waals surface area contributed by atoms with Crippen molar-refractivity contribution < 1.29 is 18.9 Å². The Morgan fingerprint density at radius 3 is 1.22 bits per heavy atom. The first-order valence-corrected chi connectivity index (χ1v) is 17.0. The summed E-state index contributed by atoms with van der Waals surface area (Å²) in [4.78, 5) is 0. The van der Waals surface area contributed by atoms with Gasteiger partial charge in [0, 0.05) is 55.9 Å². The van der Waals surface area contributed by atoms with Crippen molar-refractivity contribution in [3.8, 4) is 119 Å². The predicted molar refractivity (Wildman–Crippen MR) is 218 cm³/mol. The van der Waals surface area contributed by atoms with Gasteiger partial charge >= 0.3 is 0 Å². The molecule has 0 aliphatic rings. The Morgan fingerprint density at radius 2 is 0.833 bits per heavy atom. The fourth-order valence-electron chi connectivity index (χ4n) is 7.23. The Hall–Kier alpha value is -7.74. The summed E-state index contributed by atoms with van der Waals surface area (Å²) >= 11 is 0. The largest absolute Gasteiger partial charge is 0.481 e. The fraction of sp³-hybridized carbons (Fsp3) is 0.125. The fourth-order valence-corrected chi connectivity index (χ4v) is 7.23. The van der Waals surface area contributed by atoms with E-state index in [4.69, 9.17) is 57.5 Å². The highest BCUT2D eigenvalue weighted by Gasteiger charge is 2.30. The van der Waals surface area contributed by atoms with Gasteiger partial charge in [0.15, 0.2) is 0 Å². The van der Waals surface area contributed by atoms with Crippen molar-refractivity contribution in [3.63, 3.8) is 0 Å². The predicted octanol–water partition coefficient (Wildman–Crippen LogP) is 8.55. The van der Waals surface area contributed by atoms with Gasteiger partial charge in [-0.25, -0.2) is 0 Å². The maximum absolute atomic E-state index is 6.30. The second-order valence-electron chi connectivity index (χ2n) is 12.1. The highest BCUT2D eigenvalue weighted by Crippen LogP contribution is 2.53. The van der Waals surface area contributed by atoms with Crippen LogP contribution in [-0.4, -0.2) is 35.6 Å². The van der Waals surface area contributed by atoms with Gasteiger partial charge in [-0.1, -0.05) is 71.9 Å². The molecule has 2 aromatic heterocycles. The lowest BCUT2D eigenvalue weighted by molar-refractivity contribution is 0.352. The number of nitrogens with zero attached hydrogens (tertiary/aromatic N) is 2. The number of fused-ring (bicyclic) bond motifs is 6. The monoisotopic (exact) mass is 700 g/mol. The van der Waals surface area contributed by atoms with Crippen LogP contribution in [0.15, 0.2) is 84.9 Å². The second-order valence-corrected chi connectivity index (χ2v) is 12.1. The number of aromatic nitrogens is 2. The van der Waals surface area contributed by atoms with Gasteiger partial charge in [0.1, 0.15) is 49.4 Å². The molecule has 0 atom stereocenters. The van der Waals surface area contributed by atoms with E-state index in [1.807, 2.05) is 60.7 Å². The third-order valence-corrected chi connectivity index (χ3v) is 9.13. The van der Waals surface area contributed by atoms with Crippen LogP contribution in [0.2, 0.25) is 0 Å². The maximum Gasteiger partial charge on any atom is 0.148 e. The standard InChI is InChI=1S/C48H32N2O4/c1-7-25-49-39-19-15-13-17-35(39)43-46(38-24-22-34(52-28-10-4)32-42(38)54-30-12-6)48-44(36-18-14-16-20-40(36)50(48)26-8-2)45(47(43)49)37-23-21-33(51-27-9-3)31-41(37)53-29-11-5/h1-6,13-24,31-32H,25-30H2. The molecule has 0 unspecified atom stereocenters. The molecule has 0 spiro atoms. The smallest absolute Gasteiger partial charge is 0.148 e. The summed E-state index contributed by atoms with van der Waals surface area (Å²) in [6, 6.07) is 27.6. The average Bonchev–Trinajstić information content (AvgIpc) is 3.70. The summed E-state index contributed by atoms with van der Waals surface area (Å²) in [7, 11) is 0. The summed E-state index contributed by atoms with van der Waals surface area (Å²) in [5.41, 5.74) is 6.91. The van der Waals surface area contributed by atoms with Gasteiger partial charge in [-0.2, -0.15) is 0 Å². The van der Waals surface area contributed by atoms with Crippen LogP contribution in [-0.2, 0) is 13.1 Å². The molecular weight excluding hydrogens is 669 g/mol. The van der Waals surface area contributed by atoms with Gasteiger partial charge in [0.05, 0.1) is 35.2 Å². The Kier molecular flexibility index (Phi) is 9.80. The Labute approximate surface area is 314 Å². The van der Waals surface area contributed by atoms with Crippen molar-refractivity contribution in [1.29, 1.82) is 0 Å². The molecule has 54 heavy (non-hydrogen) atoms. The van der Waals surface area contributed by atoms with Crippen molar-refractivity contribution in [2.75, 3.05) is 26.4 Å². The lowest BCUT2D eigenvalue weighted by Gasteiger charge is -2.20. The lowest BCUT2D eigenvalue weighted by Crippen LogP contribution is -2.03. The third kappa shape index (κ3) is 5.92. The zero-order valence-corrected chi connectivity index (χ0v) is 29.3. The van der Waals surface area contributed by atoms with Gasteiger partial charge in [0.25, 0.3) is 0 Å². The Bertz CT molecular complexity index is 2670. The molecule has 0 aliphatic carbocycles. The molecule has 0 N–H and O–H groups in total. The van der Waals surface area contributed by atoms with Crippen LogP contribution in [0.5, 0.6) is 23.0 Å². The van der Waals surface area contributed by atoms with Crippen LogP contribution in [0.25, 0.3) is 65.9 Å². The zero-order chi connectivity index (χ0) is 37.6. The van der Waals surface area contributed by atoms with Crippen molar-refractivity contribution in [2.45, 2.75) is 13.1 Å². The average molecular weight is 701 g/mol. The minimum Gasteiger partial charge on any atom is -0.481 e. The highest BCUT2D eigenvalue weighted by molar-refractivity contribution is 6.33. The van der Waals surface area contributed by atoms with Gasteiger partial charge in [-0.05, 0) is 36.4 Å². The summed E-state index contributed by atoms with van der Waals surface area (Å²) in [6.45, 7) is 0.758. The topological polar surface area (TPSA) is 46.8 Å². The van der Waals surface area contributed by atoms with E-state index in [1.165, 1.54) is 0 Å². The minimum absolute atomic E-state index is 0.0200. The van der Waals surface area contributed by atoms with E-state index in [9.17, 15) is 0 Å². The number of benzene rings is 5. The second kappa shape index (κ2) is 15.2. The number of terminal acetylenes is 6. The maximum atomic E-state index is 6.30. The van der Waals surface area contributed by atoms with Crippen molar-refractivity contribution >= 4 is 43.6 Å². The highest BCUT2D eigenvalue weighted by atomic mass is 16.5. The molecule has 7 aromatic rings.